The number of halogens is 1. The fourth-order valence-electron chi connectivity index (χ4n) is 2.41. The van der Waals surface area contributed by atoms with Crippen molar-refractivity contribution in [2.75, 3.05) is 5.32 Å². The fraction of sp³-hybridized carbons (Fsp3) is 0.100. The van der Waals surface area contributed by atoms with E-state index in [0.29, 0.717) is 27.6 Å². The van der Waals surface area contributed by atoms with Crippen molar-refractivity contribution in [2.24, 2.45) is 0 Å². The van der Waals surface area contributed by atoms with E-state index in [0.717, 1.165) is 5.69 Å². The Kier molecular flexibility index (Phi) is 4.87. The summed E-state index contributed by atoms with van der Waals surface area (Å²) in [5.41, 5.74) is 4.87. The van der Waals surface area contributed by atoms with Gasteiger partial charge in [-0.25, -0.2) is 0 Å². The van der Waals surface area contributed by atoms with Crippen LogP contribution in [0.5, 0.6) is 0 Å². The predicted octanol–water partition coefficient (Wildman–Crippen LogP) is 5.57. The molecule has 0 aliphatic rings. The van der Waals surface area contributed by atoms with Crippen molar-refractivity contribution in [3.8, 4) is 17.3 Å². The Hall–Kier alpha value is -3.03. The van der Waals surface area contributed by atoms with Crippen molar-refractivity contribution in [3.63, 3.8) is 0 Å². The molecule has 0 spiro atoms. The van der Waals surface area contributed by atoms with Gasteiger partial charge in [0.05, 0.1) is 5.02 Å². The van der Waals surface area contributed by atoms with Gasteiger partial charge in [0.15, 0.2) is 5.76 Å². The number of rotatable bonds is 4. The van der Waals surface area contributed by atoms with Crippen LogP contribution in [0.1, 0.15) is 22.5 Å². The van der Waals surface area contributed by atoms with Crippen LogP contribution in [-0.2, 0) is 0 Å². The molecule has 0 atom stereocenters. The smallest absolute Gasteiger partial charge is 0.179 e. The first-order valence-electron chi connectivity index (χ1n) is 7.75. The van der Waals surface area contributed by atoms with Gasteiger partial charge in [0.1, 0.15) is 17.3 Å². The molecule has 0 fully saturated rings. The van der Waals surface area contributed by atoms with Gasteiger partial charge in [0.2, 0.25) is 0 Å². The second-order valence-electron chi connectivity index (χ2n) is 5.64. The highest BCUT2D eigenvalue weighted by atomic mass is 35.5. The summed E-state index contributed by atoms with van der Waals surface area (Å²) in [5, 5.41) is 17.2. The van der Waals surface area contributed by atoms with Crippen molar-refractivity contribution in [1.29, 1.82) is 5.26 Å². The van der Waals surface area contributed by atoms with E-state index in [1.807, 2.05) is 24.3 Å². The maximum Gasteiger partial charge on any atom is 0.179 e. The normalized spacial score (nSPS) is 10.8. The zero-order chi connectivity index (χ0) is 17.8. The van der Waals surface area contributed by atoms with E-state index in [9.17, 15) is 5.26 Å². The van der Waals surface area contributed by atoms with E-state index in [-0.39, 0.29) is 0 Å². The first-order chi connectivity index (χ1) is 12.1. The Bertz CT molecular complexity index is 983. The van der Waals surface area contributed by atoms with Gasteiger partial charge in [-0.2, -0.15) is 5.26 Å². The SMILES string of the molecule is Cc1ccc(NC=Cc2onc(-c3ccccc3Cl)c2C#N)cc1C. The summed E-state index contributed by atoms with van der Waals surface area (Å²) in [6.07, 6.45) is 3.41. The van der Waals surface area contributed by atoms with E-state index in [4.69, 9.17) is 16.1 Å². The van der Waals surface area contributed by atoms with Crippen LogP contribution in [0.3, 0.4) is 0 Å². The molecule has 1 N–H and O–H groups in total. The number of benzene rings is 2. The summed E-state index contributed by atoms with van der Waals surface area (Å²) in [5.74, 6) is 0.383. The molecule has 1 aromatic heterocycles. The van der Waals surface area contributed by atoms with E-state index >= 15 is 0 Å². The number of hydrogen-bond donors (Lipinski definition) is 1. The lowest BCUT2D eigenvalue weighted by molar-refractivity contribution is 0.415. The summed E-state index contributed by atoms with van der Waals surface area (Å²) in [6.45, 7) is 4.13. The maximum atomic E-state index is 9.48. The molecule has 25 heavy (non-hydrogen) atoms. The average Bonchev–Trinajstić information content (AvgIpc) is 3.01. The molecule has 0 bridgehead atoms. The lowest BCUT2D eigenvalue weighted by Gasteiger charge is -2.04. The molecule has 0 aliphatic heterocycles. The summed E-state index contributed by atoms with van der Waals surface area (Å²) >= 11 is 6.19. The Balaban J connectivity index is 1.85. The predicted molar refractivity (Wildman–Crippen MR) is 100 cm³/mol. The zero-order valence-electron chi connectivity index (χ0n) is 13.9. The van der Waals surface area contributed by atoms with Gasteiger partial charge in [-0.1, -0.05) is 41.0 Å². The monoisotopic (exact) mass is 349 g/mol. The Labute approximate surface area is 151 Å². The fourth-order valence-corrected chi connectivity index (χ4v) is 2.63. The molecule has 5 heteroatoms. The average molecular weight is 350 g/mol. The molecule has 2 aromatic carbocycles. The highest BCUT2D eigenvalue weighted by molar-refractivity contribution is 6.33. The Morgan fingerprint density at radius 1 is 1.16 bits per heavy atom. The maximum absolute atomic E-state index is 9.48. The van der Waals surface area contributed by atoms with Crippen molar-refractivity contribution >= 4 is 23.4 Å². The van der Waals surface area contributed by atoms with Crippen LogP contribution in [0.15, 0.2) is 53.2 Å². The van der Waals surface area contributed by atoms with E-state index in [1.165, 1.54) is 11.1 Å². The lowest BCUT2D eigenvalue weighted by atomic mass is 10.1. The highest BCUT2D eigenvalue weighted by Crippen LogP contribution is 2.31. The highest BCUT2D eigenvalue weighted by Gasteiger charge is 2.17. The third kappa shape index (κ3) is 3.57. The van der Waals surface area contributed by atoms with Crippen LogP contribution in [0, 0.1) is 25.2 Å². The number of nitriles is 1. The Morgan fingerprint density at radius 3 is 2.68 bits per heavy atom. The summed E-state index contributed by atoms with van der Waals surface area (Å²) in [4.78, 5) is 0. The third-order valence-corrected chi connectivity index (χ3v) is 4.28. The molecule has 3 aromatic rings. The number of aromatic nitrogens is 1. The quantitative estimate of drug-likeness (QED) is 0.669. The van der Waals surface area contributed by atoms with Crippen LogP contribution in [0.25, 0.3) is 17.3 Å². The minimum Gasteiger partial charge on any atom is -0.362 e. The minimum atomic E-state index is 0.353. The Morgan fingerprint density at radius 2 is 1.96 bits per heavy atom. The molecule has 0 radical (unpaired) electrons. The van der Waals surface area contributed by atoms with Gasteiger partial charge in [-0.3, -0.25) is 0 Å². The van der Waals surface area contributed by atoms with Crippen molar-refractivity contribution in [3.05, 3.63) is 76.1 Å². The summed E-state index contributed by atoms with van der Waals surface area (Å²) in [6, 6.07) is 15.5. The largest absolute Gasteiger partial charge is 0.362 e. The van der Waals surface area contributed by atoms with Crippen molar-refractivity contribution < 1.29 is 4.52 Å². The van der Waals surface area contributed by atoms with E-state index < -0.39 is 0 Å². The molecule has 0 unspecified atom stereocenters. The standard InChI is InChI=1S/C20H16ClN3O/c1-13-7-8-15(11-14(13)2)23-10-9-19-17(12-22)20(24-25-19)16-5-3-4-6-18(16)21/h3-11,23H,1-2H3. The second-order valence-corrected chi connectivity index (χ2v) is 6.05. The minimum absolute atomic E-state index is 0.353. The molecule has 0 saturated heterocycles. The van der Waals surface area contributed by atoms with Crippen LogP contribution >= 0.6 is 11.6 Å². The number of hydrogen-bond acceptors (Lipinski definition) is 4. The lowest BCUT2D eigenvalue weighted by Crippen LogP contribution is -1.89. The van der Waals surface area contributed by atoms with E-state index in [1.54, 1.807) is 18.3 Å². The number of nitrogens with one attached hydrogen (secondary N) is 1. The van der Waals surface area contributed by atoms with Gasteiger partial charge < -0.3 is 9.84 Å². The molecule has 0 saturated carbocycles. The van der Waals surface area contributed by atoms with Crippen LogP contribution in [0.2, 0.25) is 5.02 Å². The first-order valence-corrected chi connectivity index (χ1v) is 8.13. The van der Waals surface area contributed by atoms with E-state index in [2.05, 4.69) is 42.5 Å². The van der Waals surface area contributed by atoms with Crippen molar-refractivity contribution in [2.45, 2.75) is 13.8 Å². The van der Waals surface area contributed by atoms with Gasteiger partial charge >= 0.3 is 0 Å². The number of nitrogens with zero attached hydrogens (tertiary/aromatic N) is 2. The molecular weight excluding hydrogens is 334 g/mol. The van der Waals surface area contributed by atoms with Crippen LogP contribution in [0.4, 0.5) is 5.69 Å². The van der Waals surface area contributed by atoms with Gasteiger partial charge in [0.25, 0.3) is 0 Å². The number of aryl methyl sites for hydroxylation is 2. The van der Waals surface area contributed by atoms with Gasteiger partial charge in [0, 0.05) is 23.5 Å². The van der Waals surface area contributed by atoms with Gasteiger partial charge in [-0.05, 0) is 43.2 Å². The van der Waals surface area contributed by atoms with Crippen LogP contribution in [-0.4, -0.2) is 5.16 Å². The summed E-state index contributed by atoms with van der Waals surface area (Å²) in [7, 11) is 0. The molecule has 124 valence electrons. The second kappa shape index (κ2) is 7.25. The zero-order valence-corrected chi connectivity index (χ0v) is 14.6. The molecule has 1 heterocycles. The summed E-state index contributed by atoms with van der Waals surface area (Å²) < 4.78 is 5.32. The molecule has 3 rings (SSSR count). The first kappa shape index (κ1) is 16.8. The molecule has 0 aliphatic carbocycles. The molecular formula is C20H16ClN3O. The number of anilines is 1. The van der Waals surface area contributed by atoms with Crippen molar-refractivity contribution in [1.82, 2.24) is 5.16 Å². The molecule has 4 nitrogen and oxygen atoms in total. The van der Waals surface area contributed by atoms with Gasteiger partial charge in [-0.15, -0.1) is 0 Å². The molecule has 0 amide bonds. The van der Waals surface area contributed by atoms with Crippen LogP contribution < -0.4 is 5.32 Å². The topological polar surface area (TPSA) is 61.9 Å². The third-order valence-electron chi connectivity index (χ3n) is 3.95.